The van der Waals surface area contributed by atoms with Gasteiger partial charge in [-0.05, 0) is 70.8 Å². The van der Waals surface area contributed by atoms with Gasteiger partial charge in [0.15, 0.2) is 0 Å². The lowest BCUT2D eigenvalue weighted by atomic mass is 9.99. The molecular weight excluding hydrogens is 725 g/mol. The van der Waals surface area contributed by atoms with Crippen LogP contribution in [0.3, 0.4) is 0 Å². The minimum atomic E-state index is -0.328. The van der Waals surface area contributed by atoms with Crippen molar-refractivity contribution in [3.8, 4) is 20.9 Å². The normalized spacial score (nSPS) is 10.8. The Kier molecular flexibility index (Phi) is 9.59. The number of rotatable bonds is 4. The van der Waals surface area contributed by atoms with Gasteiger partial charge < -0.3 is 9.47 Å². The first-order valence-corrected chi connectivity index (χ1v) is 18.1. The second-order valence-corrected chi connectivity index (χ2v) is 14.8. The molecule has 8 rings (SSSR count). The molecule has 0 aliphatic heterocycles. The molecule has 3 aromatic carbocycles. The van der Waals surface area contributed by atoms with E-state index in [9.17, 15) is 9.59 Å². The molecule has 10 nitrogen and oxygen atoms in total. The summed E-state index contributed by atoms with van der Waals surface area (Å²) in [5, 5.41) is 8.05. The van der Waals surface area contributed by atoms with Crippen molar-refractivity contribution >= 4 is 133 Å². The zero-order chi connectivity index (χ0) is 35.0. The topological polar surface area (TPSA) is 147 Å². The number of nitrogens with zero attached hydrogens (tertiary/aromatic N) is 2. The van der Waals surface area contributed by atoms with Crippen LogP contribution in [-0.4, -0.2) is 47.2 Å². The fourth-order valence-corrected chi connectivity index (χ4v) is 11.2. The molecule has 0 aliphatic rings. The average Bonchev–Trinajstić information content (AvgIpc) is 3.93. The Hall–Kier alpha value is -4.98. The third-order valence-electron chi connectivity index (χ3n) is 8.03. The van der Waals surface area contributed by atoms with Crippen molar-refractivity contribution in [1.82, 2.24) is 8.75 Å². The minimum Gasteiger partial charge on any atom is -0.465 e. The molecule has 0 spiro atoms. The SMILES string of the molecule is COC(=O)c1c(C)c2cc(-c3ccc(-c4cc5c(C(=O)OC)c(C)c6ccsc6c5s4)c4nsnc34)sc2c2sccc12.O=C=O.O=C=O. The van der Waals surface area contributed by atoms with Gasteiger partial charge in [-0.3, -0.25) is 0 Å². The van der Waals surface area contributed by atoms with Gasteiger partial charge in [-0.15, -0.1) is 45.3 Å². The van der Waals surface area contributed by atoms with E-state index in [2.05, 4.69) is 35.7 Å². The first kappa shape index (κ1) is 33.9. The molecule has 0 N–H and O–H groups in total. The van der Waals surface area contributed by atoms with Gasteiger partial charge in [0, 0.05) is 31.7 Å². The highest BCUT2D eigenvalue weighted by molar-refractivity contribution is 7.29. The van der Waals surface area contributed by atoms with Gasteiger partial charge in [-0.25, -0.2) is 9.59 Å². The van der Waals surface area contributed by atoms with E-state index in [0.29, 0.717) is 11.1 Å². The van der Waals surface area contributed by atoms with Crippen molar-refractivity contribution in [2.75, 3.05) is 14.2 Å². The Bertz CT molecular complexity index is 2650. The summed E-state index contributed by atoms with van der Waals surface area (Å²) in [5.74, 6) is -0.647. The fourth-order valence-electron chi connectivity index (χ4n) is 5.98. The number of fused-ring (bicyclic) bond motifs is 7. The van der Waals surface area contributed by atoms with Gasteiger partial charge in [0.1, 0.15) is 11.0 Å². The molecule has 0 saturated carbocycles. The number of methoxy groups -OCH3 is 2. The number of hydrogen-bond acceptors (Lipinski definition) is 15. The maximum atomic E-state index is 12.9. The maximum absolute atomic E-state index is 12.9. The van der Waals surface area contributed by atoms with E-state index >= 15 is 0 Å². The Morgan fingerprint density at radius 1 is 0.612 bits per heavy atom. The van der Waals surface area contributed by atoms with Gasteiger partial charge in [-0.1, -0.05) is 12.1 Å². The van der Waals surface area contributed by atoms with Crippen molar-refractivity contribution < 1.29 is 38.2 Å². The molecule has 0 bridgehead atoms. The van der Waals surface area contributed by atoms with Crippen LogP contribution in [0, 0.1) is 13.8 Å². The van der Waals surface area contributed by atoms with Crippen LogP contribution >= 0.6 is 57.1 Å². The van der Waals surface area contributed by atoms with Crippen molar-refractivity contribution in [2.24, 2.45) is 0 Å². The molecule has 244 valence electrons. The number of carbonyl (C=O) groups excluding carboxylic acids is 6. The molecule has 0 radical (unpaired) electrons. The highest BCUT2D eigenvalue weighted by Gasteiger charge is 2.25. The summed E-state index contributed by atoms with van der Waals surface area (Å²) in [6.07, 6.45) is 0.500. The van der Waals surface area contributed by atoms with E-state index in [1.165, 1.54) is 30.6 Å². The van der Waals surface area contributed by atoms with Crippen LogP contribution < -0.4 is 0 Å². The molecule has 0 atom stereocenters. The van der Waals surface area contributed by atoms with Crippen LogP contribution in [0.25, 0.3) is 72.3 Å². The van der Waals surface area contributed by atoms with E-state index < -0.39 is 0 Å². The number of carbonyl (C=O) groups is 2. The lowest BCUT2D eigenvalue weighted by molar-refractivity contribution is -0.193. The largest absolute Gasteiger partial charge is 0.465 e. The van der Waals surface area contributed by atoms with Gasteiger partial charge in [0.2, 0.25) is 0 Å². The Balaban J connectivity index is 0.000000650. The third kappa shape index (κ3) is 5.57. The van der Waals surface area contributed by atoms with Crippen molar-refractivity contribution in [3.05, 3.63) is 69.4 Å². The number of ether oxygens (including phenoxy) is 2. The zero-order valence-corrected chi connectivity index (χ0v) is 29.9. The Morgan fingerprint density at radius 3 is 1.57 bits per heavy atom. The van der Waals surface area contributed by atoms with E-state index in [-0.39, 0.29) is 24.2 Å². The van der Waals surface area contributed by atoms with Crippen LogP contribution in [-0.2, 0) is 28.7 Å². The van der Waals surface area contributed by atoms with Crippen LogP contribution in [0.4, 0.5) is 0 Å². The summed E-state index contributed by atoms with van der Waals surface area (Å²) in [6.45, 7) is 3.97. The average molecular weight is 745 g/mol. The zero-order valence-electron chi connectivity index (χ0n) is 25.8. The number of esters is 2. The van der Waals surface area contributed by atoms with Crippen molar-refractivity contribution in [1.29, 1.82) is 0 Å². The second-order valence-electron chi connectivity index (χ2n) is 10.3. The molecule has 0 fully saturated rings. The molecule has 15 heteroatoms. The van der Waals surface area contributed by atoms with E-state index in [1.807, 2.05) is 25.3 Å². The summed E-state index contributed by atoms with van der Waals surface area (Å²) >= 11 is 7.90. The highest BCUT2D eigenvalue weighted by atomic mass is 32.1. The highest BCUT2D eigenvalue weighted by Crippen LogP contribution is 2.48. The van der Waals surface area contributed by atoms with Crippen LogP contribution in [0.1, 0.15) is 31.8 Å². The lowest BCUT2D eigenvalue weighted by Gasteiger charge is -2.07. The number of aryl methyl sites for hydroxylation is 2. The second kappa shape index (κ2) is 13.9. The summed E-state index contributed by atoms with van der Waals surface area (Å²) < 4.78 is 24.3. The molecule has 0 saturated heterocycles. The standard InChI is InChI=1S/C32H20N2O4S5.2CO2/c1-13-15-7-9-39-27(15)30-20(24(13)32(36)38-4)12-22(42-30)17-6-5-16(25-26(17)34-43-33-25)21-11-19-14(2)23(31(35)37-3)18-8-10-40-28(18)29(19)41-21;2*2-1-3/h5-12H,1-4H3;;. The molecule has 5 aromatic heterocycles. The lowest BCUT2D eigenvalue weighted by Crippen LogP contribution is -2.04. The summed E-state index contributed by atoms with van der Waals surface area (Å²) in [6, 6.07) is 12.5. The number of aromatic nitrogens is 2. The predicted molar refractivity (Wildman–Crippen MR) is 192 cm³/mol. The van der Waals surface area contributed by atoms with E-state index in [4.69, 9.17) is 37.4 Å². The molecule has 0 amide bonds. The van der Waals surface area contributed by atoms with Gasteiger partial charge >= 0.3 is 24.2 Å². The predicted octanol–water partition coefficient (Wildman–Crippen LogP) is 8.91. The van der Waals surface area contributed by atoms with Gasteiger partial charge in [0.25, 0.3) is 0 Å². The number of hydrogen-bond donors (Lipinski definition) is 0. The van der Waals surface area contributed by atoms with Crippen molar-refractivity contribution in [2.45, 2.75) is 13.8 Å². The van der Waals surface area contributed by atoms with E-state index in [1.54, 1.807) is 45.3 Å². The molecule has 5 heterocycles. The monoisotopic (exact) mass is 744 g/mol. The quantitative estimate of drug-likeness (QED) is 0.160. The van der Waals surface area contributed by atoms with Gasteiger partial charge in [0.05, 0.1) is 55.9 Å². The summed E-state index contributed by atoms with van der Waals surface area (Å²) in [5.41, 5.74) is 6.75. The van der Waals surface area contributed by atoms with Crippen LogP contribution in [0.15, 0.2) is 47.2 Å². The third-order valence-corrected chi connectivity index (χ3v) is 13.1. The number of thiophene rings is 4. The molecule has 8 aromatic rings. The van der Waals surface area contributed by atoms with Crippen LogP contribution in [0.2, 0.25) is 0 Å². The maximum Gasteiger partial charge on any atom is 0.373 e. The summed E-state index contributed by atoms with van der Waals surface area (Å²) in [4.78, 5) is 60.2. The molecular formula is C34H20N2O8S5. The molecule has 0 unspecified atom stereocenters. The number of benzene rings is 3. The fraction of sp³-hybridized carbons (Fsp3) is 0.118. The van der Waals surface area contributed by atoms with E-state index in [0.717, 1.165) is 78.7 Å². The smallest absolute Gasteiger partial charge is 0.373 e. The molecule has 49 heavy (non-hydrogen) atoms. The van der Waals surface area contributed by atoms with Crippen LogP contribution in [0.5, 0.6) is 0 Å². The molecule has 0 aliphatic carbocycles. The Morgan fingerprint density at radius 2 is 1.04 bits per heavy atom. The minimum absolute atomic E-state index is 0.250. The van der Waals surface area contributed by atoms with Crippen molar-refractivity contribution in [3.63, 3.8) is 0 Å². The summed E-state index contributed by atoms with van der Waals surface area (Å²) in [7, 11) is 2.85. The first-order chi connectivity index (χ1) is 23.7. The Labute approximate surface area is 296 Å². The van der Waals surface area contributed by atoms with Gasteiger partial charge in [-0.2, -0.15) is 27.9 Å². The first-order valence-electron chi connectivity index (χ1n) is 14.0.